The standard InChI is InChI=1S/C15H20ClN5O/c1-11-12(7-19-22-11)10-21-5-3-14(4-6-21)20(2)15-17-8-13(16)9-18-15/h7-9,14H,3-6,10H2,1-2H3. The normalized spacial score (nSPS) is 16.9. The largest absolute Gasteiger partial charge is 0.361 e. The SMILES string of the molecule is Cc1oncc1CN1CCC(N(C)c2ncc(Cl)cn2)CC1. The van der Waals surface area contributed by atoms with Gasteiger partial charge in [0.05, 0.1) is 23.6 Å². The Bertz CT molecular complexity index is 607. The van der Waals surface area contributed by atoms with Gasteiger partial charge in [0.1, 0.15) is 5.76 Å². The lowest BCUT2D eigenvalue weighted by atomic mass is 10.0. The van der Waals surface area contributed by atoms with Crippen LogP contribution in [0.15, 0.2) is 23.1 Å². The molecule has 0 N–H and O–H groups in total. The zero-order valence-electron chi connectivity index (χ0n) is 12.9. The van der Waals surface area contributed by atoms with Crippen LogP contribution in [-0.4, -0.2) is 46.2 Å². The Balaban J connectivity index is 1.55. The van der Waals surface area contributed by atoms with E-state index < -0.39 is 0 Å². The predicted molar refractivity (Wildman–Crippen MR) is 85.0 cm³/mol. The number of halogens is 1. The summed E-state index contributed by atoms with van der Waals surface area (Å²) in [5, 5.41) is 4.41. The molecule has 1 saturated heterocycles. The number of nitrogens with zero attached hydrogens (tertiary/aromatic N) is 5. The maximum absolute atomic E-state index is 5.84. The van der Waals surface area contributed by atoms with Gasteiger partial charge in [0.2, 0.25) is 5.95 Å². The molecular formula is C15H20ClN5O. The Morgan fingerprint density at radius 2 is 1.95 bits per heavy atom. The van der Waals surface area contributed by atoms with Crippen molar-refractivity contribution < 1.29 is 4.52 Å². The minimum absolute atomic E-state index is 0.459. The van der Waals surface area contributed by atoms with Crippen molar-refractivity contribution in [2.75, 3.05) is 25.0 Å². The van der Waals surface area contributed by atoms with Crippen molar-refractivity contribution in [3.05, 3.63) is 34.9 Å². The van der Waals surface area contributed by atoms with Crippen LogP contribution in [0.5, 0.6) is 0 Å². The number of hydrogen-bond acceptors (Lipinski definition) is 6. The van der Waals surface area contributed by atoms with Gasteiger partial charge in [0, 0.05) is 38.3 Å². The zero-order valence-corrected chi connectivity index (χ0v) is 13.6. The Kier molecular flexibility index (Phi) is 4.59. The molecule has 0 amide bonds. The smallest absolute Gasteiger partial charge is 0.225 e. The topological polar surface area (TPSA) is 58.3 Å². The zero-order chi connectivity index (χ0) is 15.5. The van der Waals surface area contributed by atoms with Gasteiger partial charge in [-0.15, -0.1) is 0 Å². The third kappa shape index (κ3) is 3.39. The van der Waals surface area contributed by atoms with Crippen molar-refractivity contribution in [2.24, 2.45) is 0 Å². The third-order valence-electron chi connectivity index (χ3n) is 4.27. The van der Waals surface area contributed by atoms with Crippen LogP contribution in [0.1, 0.15) is 24.2 Å². The fourth-order valence-corrected chi connectivity index (χ4v) is 2.92. The average Bonchev–Trinajstić information content (AvgIpc) is 2.93. The Morgan fingerprint density at radius 1 is 1.27 bits per heavy atom. The summed E-state index contributed by atoms with van der Waals surface area (Å²) in [6, 6.07) is 0.459. The highest BCUT2D eigenvalue weighted by atomic mass is 35.5. The summed E-state index contributed by atoms with van der Waals surface area (Å²) in [6.07, 6.45) is 7.28. The van der Waals surface area contributed by atoms with Gasteiger partial charge in [0.15, 0.2) is 0 Å². The van der Waals surface area contributed by atoms with E-state index in [1.165, 1.54) is 5.56 Å². The summed E-state index contributed by atoms with van der Waals surface area (Å²) in [4.78, 5) is 13.2. The van der Waals surface area contributed by atoms with Gasteiger partial charge in [-0.1, -0.05) is 16.8 Å². The molecule has 2 aromatic rings. The fourth-order valence-electron chi connectivity index (χ4n) is 2.83. The van der Waals surface area contributed by atoms with Crippen molar-refractivity contribution in [1.82, 2.24) is 20.0 Å². The van der Waals surface area contributed by atoms with E-state index in [1.54, 1.807) is 12.4 Å². The van der Waals surface area contributed by atoms with Crippen molar-refractivity contribution in [3.63, 3.8) is 0 Å². The summed E-state index contributed by atoms with van der Waals surface area (Å²) >= 11 is 5.84. The molecule has 2 aromatic heterocycles. The van der Waals surface area contributed by atoms with E-state index in [0.29, 0.717) is 11.1 Å². The van der Waals surface area contributed by atoms with Crippen LogP contribution in [0.2, 0.25) is 5.02 Å². The maximum Gasteiger partial charge on any atom is 0.225 e. The number of piperidine rings is 1. The van der Waals surface area contributed by atoms with Crippen molar-refractivity contribution in [3.8, 4) is 0 Å². The lowest BCUT2D eigenvalue weighted by Crippen LogP contribution is -2.43. The van der Waals surface area contributed by atoms with E-state index in [2.05, 4.69) is 24.9 Å². The molecule has 0 atom stereocenters. The highest BCUT2D eigenvalue weighted by Gasteiger charge is 2.24. The lowest BCUT2D eigenvalue weighted by molar-refractivity contribution is 0.202. The molecule has 7 heteroatoms. The molecule has 1 fully saturated rings. The van der Waals surface area contributed by atoms with Crippen LogP contribution in [0.3, 0.4) is 0 Å². The van der Waals surface area contributed by atoms with E-state index >= 15 is 0 Å². The summed E-state index contributed by atoms with van der Waals surface area (Å²) in [5.74, 6) is 1.64. The second-order valence-corrected chi connectivity index (χ2v) is 6.16. The van der Waals surface area contributed by atoms with Crippen LogP contribution in [0.4, 0.5) is 5.95 Å². The van der Waals surface area contributed by atoms with Gasteiger partial charge in [-0.05, 0) is 19.8 Å². The van der Waals surface area contributed by atoms with E-state index in [1.807, 2.05) is 20.2 Å². The summed E-state index contributed by atoms with van der Waals surface area (Å²) in [5.41, 5.74) is 1.17. The number of aromatic nitrogens is 3. The first-order chi connectivity index (χ1) is 10.6. The van der Waals surface area contributed by atoms with E-state index in [4.69, 9.17) is 16.1 Å². The fraction of sp³-hybridized carbons (Fsp3) is 0.533. The molecular weight excluding hydrogens is 302 g/mol. The number of aryl methyl sites for hydroxylation is 1. The molecule has 0 bridgehead atoms. The second-order valence-electron chi connectivity index (χ2n) is 5.73. The first-order valence-electron chi connectivity index (χ1n) is 7.46. The molecule has 0 aliphatic carbocycles. The molecule has 3 heterocycles. The van der Waals surface area contributed by atoms with Crippen LogP contribution in [0, 0.1) is 6.92 Å². The van der Waals surface area contributed by atoms with Gasteiger partial charge in [-0.25, -0.2) is 9.97 Å². The highest BCUT2D eigenvalue weighted by Crippen LogP contribution is 2.21. The maximum atomic E-state index is 5.84. The Labute approximate surface area is 135 Å². The van der Waals surface area contributed by atoms with Crippen molar-refractivity contribution in [2.45, 2.75) is 32.4 Å². The predicted octanol–water partition coefficient (Wildman–Crippen LogP) is 2.53. The molecule has 118 valence electrons. The summed E-state index contributed by atoms with van der Waals surface area (Å²) in [7, 11) is 2.05. The van der Waals surface area contributed by atoms with Crippen LogP contribution in [0.25, 0.3) is 0 Å². The van der Waals surface area contributed by atoms with Gasteiger partial charge >= 0.3 is 0 Å². The minimum Gasteiger partial charge on any atom is -0.361 e. The lowest BCUT2D eigenvalue weighted by Gasteiger charge is -2.36. The third-order valence-corrected chi connectivity index (χ3v) is 4.47. The first kappa shape index (κ1) is 15.2. The summed E-state index contributed by atoms with van der Waals surface area (Å²) in [6.45, 7) is 4.96. The molecule has 0 aromatic carbocycles. The molecule has 0 unspecified atom stereocenters. The quantitative estimate of drug-likeness (QED) is 0.862. The van der Waals surface area contributed by atoms with Crippen LogP contribution < -0.4 is 4.90 Å². The molecule has 0 saturated carbocycles. The number of rotatable bonds is 4. The molecule has 1 aliphatic heterocycles. The average molecular weight is 322 g/mol. The molecule has 6 nitrogen and oxygen atoms in total. The molecule has 0 spiro atoms. The number of anilines is 1. The molecule has 22 heavy (non-hydrogen) atoms. The van der Waals surface area contributed by atoms with E-state index in [0.717, 1.165) is 44.2 Å². The van der Waals surface area contributed by atoms with Crippen LogP contribution >= 0.6 is 11.6 Å². The van der Waals surface area contributed by atoms with Crippen molar-refractivity contribution in [1.29, 1.82) is 0 Å². The van der Waals surface area contributed by atoms with E-state index in [-0.39, 0.29) is 0 Å². The van der Waals surface area contributed by atoms with Gasteiger partial charge < -0.3 is 9.42 Å². The monoisotopic (exact) mass is 321 g/mol. The molecule has 0 radical (unpaired) electrons. The molecule has 1 aliphatic rings. The molecule has 3 rings (SSSR count). The van der Waals surface area contributed by atoms with E-state index in [9.17, 15) is 0 Å². The Morgan fingerprint density at radius 3 is 2.55 bits per heavy atom. The highest BCUT2D eigenvalue weighted by molar-refractivity contribution is 6.30. The van der Waals surface area contributed by atoms with Gasteiger partial charge in [-0.2, -0.15) is 0 Å². The summed E-state index contributed by atoms with van der Waals surface area (Å²) < 4.78 is 5.12. The number of likely N-dealkylation sites (tertiary alicyclic amines) is 1. The van der Waals surface area contributed by atoms with Crippen LogP contribution in [-0.2, 0) is 6.54 Å². The second kappa shape index (κ2) is 6.62. The van der Waals surface area contributed by atoms with Gasteiger partial charge in [-0.3, -0.25) is 4.90 Å². The Hall–Kier alpha value is -1.66. The first-order valence-corrected chi connectivity index (χ1v) is 7.84. The number of hydrogen-bond donors (Lipinski definition) is 0. The minimum atomic E-state index is 0.459. The van der Waals surface area contributed by atoms with Crippen molar-refractivity contribution >= 4 is 17.5 Å². The van der Waals surface area contributed by atoms with Gasteiger partial charge in [0.25, 0.3) is 0 Å².